The second-order valence-electron chi connectivity index (χ2n) is 4.45. The number of rotatable bonds is 2. The summed E-state index contributed by atoms with van der Waals surface area (Å²) in [6, 6.07) is 3.14. The number of sulfonamides is 1. The molecule has 1 saturated heterocycles. The van der Waals surface area contributed by atoms with Gasteiger partial charge in [-0.05, 0) is 18.6 Å². The maximum Gasteiger partial charge on any atom is 0.244 e. The molecule has 2 rings (SSSR count). The van der Waals surface area contributed by atoms with Crippen molar-refractivity contribution in [1.82, 2.24) is 14.2 Å². The van der Waals surface area contributed by atoms with Gasteiger partial charge in [-0.1, -0.05) is 0 Å². The highest BCUT2D eigenvalue weighted by atomic mass is 32.2. The lowest BCUT2D eigenvalue weighted by atomic mass is 10.4. The number of nitrogens with zero attached hydrogens (tertiary/aromatic N) is 3. The van der Waals surface area contributed by atoms with Crippen LogP contribution in [0.4, 0.5) is 0 Å². The molecule has 1 aliphatic heterocycles. The molecule has 0 aromatic carbocycles. The van der Waals surface area contributed by atoms with E-state index < -0.39 is 10.0 Å². The van der Waals surface area contributed by atoms with E-state index in [1.807, 2.05) is 0 Å². The standard InChI is InChI=1S/C12H17N3O3S/c1-11(16)14-6-3-7-15(9-8-14)19(17,18)12-4-2-5-13-10-12/h2,4-5,10H,3,6-9H2,1H3. The van der Waals surface area contributed by atoms with Crippen LogP contribution in [0.25, 0.3) is 0 Å². The fourth-order valence-electron chi connectivity index (χ4n) is 2.10. The van der Waals surface area contributed by atoms with Crippen LogP contribution in [0.5, 0.6) is 0 Å². The lowest BCUT2D eigenvalue weighted by Crippen LogP contribution is -2.36. The van der Waals surface area contributed by atoms with Gasteiger partial charge in [0, 0.05) is 45.5 Å². The van der Waals surface area contributed by atoms with Crippen molar-refractivity contribution in [3.8, 4) is 0 Å². The number of carbonyl (C=O) groups is 1. The summed E-state index contributed by atoms with van der Waals surface area (Å²) in [5, 5.41) is 0. The van der Waals surface area contributed by atoms with Gasteiger partial charge in [0.1, 0.15) is 4.90 Å². The summed E-state index contributed by atoms with van der Waals surface area (Å²) in [6.45, 7) is 3.31. The molecule has 0 atom stereocenters. The SMILES string of the molecule is CC(=O)N1CCCN(S(=O)(=O)c2cccnc2)CC1. The first-order valence-corrected chi connectivity index (χ1v) is 7.61. The summed E-state index contributed by atoms with van der Waals surface area (Å²) in [5.74, 6) is -0.0133. The molecule has 0 bridgehead atoms. The van der Waals surface area contributed by atoms with Gasteiger partial charge in [0.2, 0.25) is 15.9 Å². The first-order chi connectivity index (χ1) is 9.01. The third-order valence-corrected chi connectivity index (χ3v) is 5.05. The van der Waals surface area contributed by atoms with E-state index in [1.54, 1.807) is 17.2 Å². The van der Waals surface area contributed by atoms with E-state index in [4.69, 9.17) is 0 Å². The molecule has 1 aromatic rings. The molecule has 0 radical (unpaired) electrons. The van der Waals surface area contributed by atoms with Crippen molar-refractivity contribution in [2.24, 2.45) is 0 Å². The normalized spacial score (nSPS) is 18.1. The Bertz CT molecular complexity index is 545. The molecule has 1 aliphatic rings. The van der Waals surface area contributed by atoms with Gasteiger partial charge in [-0.25, -0.2) is 8.42 Å². The van der Waals surface area contributed by atoms with Gasteiger partial charge in [0.05, 0.1) is 0 Å². The first kappa shape index (κ1) is 14.0. The van der Waals surface area contributed by atoms with E-state index >= 15 is 0 Å². The van der Waals surface area contributed by atoms with Crippen molar-refractivity contribution in [2.45, 2.75) is 18.2 Å². The molecule has 0 N–H and O–H groups in total. The summed E-state index contributed by atoms with van der Waals surface area (Å²) in [4.78, 5) is 17.0. The molecule has 104 valence electrons. The van der Waals surface area contributed by atoms with Crippen molar-refractivity contribution < 1.29 is 13.2 Å². The Morgan fingerprint density at radius 1 is 1.26 bits per heavy atom. The van der Waals surface area contributed by atoms with Crippen LogP contribution in [0.3, 0.4) is 0 Å². The Morgan fingerprint density at radius 2 is 2.05 bits per heavy atom. The van der Waals surface area contributed by atoms with E-state index in [0.29, 0.717) is 32.6 Å². The maximum absolute atomic E-state index is 12.4. The Labute approximate surface area is 113 Å². The van der Waals surface area contributed by atoms with Gasteiger partial charge in [-0.15, -0.1) is 0 Å². The van der Waals surface area contributed by atoms with Crippen LogP contribution < -0.4 is 0 Å². The largest absolute Gasteiger partial charge is 0.342 e. The number of hydrogen-bond acceptors (Lipinski definition) is 4. The number of hydrogen-bond donors (Lipinski definition) is 0. The van der Waals surface area contributed by atoms with Gasteiger partial charge < -0.3 is 4.90 Å². The second-order valence-corrected chi connectivity index (χ2v) is 6.39. The zero-order chi connectivity index (χ0) is 13.9. The van der Waals surface area contributed by atoms with E-state index in [1.165, 1.54) is 23.5 Å². The molecule has 19 heavy (non-hydrogen) atoms. The van der Waals surface area contributed by atoms with Crippen LogP contribution in [0.2, 0.25) is 0 Å². The lowest BCUT2D eigenvalue weighted by Gasteiger charge is -2.20. The van der Waals surface area contributed by atoms with Crippen molar-refractivity contribution in [3.05, 3.63) is 24.5 Å². The minimum atomic E-state index is -3.50. The Balaban J connectivity index is 2.16. The molecule has 1 aromatic heterocycles. The minimum Gasteiger partial charge on any atom is -0.342 e. The third kappa shape index (κ3) is 3.10. The van der Waals surface area contributed by atoms with Gasteiger partial charge in [0.25, 0.3) is 0 Å². The fourth-order valence-corrected chi connectivity index (χ4v) is 3.53. The topological polar surface area (TPSA) is 70.6 Å². The van der Waals surface area contributed by atoms with E-state index in [9.17, 15) is 13.2 Å². The quantitative estimate of drug-likeness (QED) is 0.784. The number of aromatic nitrogens is 1. The van der Waals surface area contributed by atoms with E-state index in [0.717, 1.165) is 0 Å². The fraction of sp³-hybridized carbons (Fsp3) is 0.500. The summed E-state index contributed by atoms with van der Waals surface area (Å²) in [6.07, 6.45) is 3.54. The summed E-state index contributed by atoms with van der Waals surface area (Å²) in [7, 11) is -3.50. The van der Waals surface area contributed by atoms with Crippen LogP contribution in [-0.4, -0.2) is 54.7 Å². The van der Waals surface area contributed by atoms with Crippen molar-refractivity contribution in [1.29, 1.82) is 0 Å². The van der Waals surface area contributed by atoms with Gasteiger partial charge in [-0.2, -0.15) is 4.31 Å². The van der Waals surface area contributed by atoms with Gasteiger partial charge in [0.15, 0.2) is 0 Å². The third-order valence-electron chi connectivity index (χ3n) is 3.17. The Kier molecular flexibility index (Phi) is 4.16. The van der Waals surface area contributed by atoms with Crippen LogP contribution in [0.1, 0.15) is 13.3 Å². The van der Waals surface area contributed by atoms with Gasteiger partial charge in [-0.3, -0.25) is 9.78 Å². The zero-order valence-electron chi connectivity index (χ0n) is 10.8. The molecular weight excluding hydrogens is 266 g/mol. The highest BCUT2D eigenvalue weighted by Gasteiger charge is 2.27. The smallest absolute Gasteiger partial charge is 0.244 e. The van der Waals surface area contributed by atoms with Gasteiger partial charge >= 0.3 is 0 Å². The Morgan fingerprint density at radius 3 is 2.68 bits per heavy atom. The molecule has 0 spiro atoms. The summed E-state index contributed by atoms with van der Waals surface area (Å²) >= 11 is 0. The number of pyridine rings is 1. The van der Waals surface area contributed by atoms with Crippen LogP contribution >= 0.6 is 0 Å². The van der Waals surface area contributed by atoms with Crippen molar-refractivity contribution in [3.63, 3.8) is 0 Å². The number of amides is 1. The molecule has 0 aliphatic carbocycles. The van der Waals surface area contributed by atoms with Crippen LogP contribution in [0, 0.1) is 0 Å². The van der Waals surface area contributed by atoms with Crippen molar-refractivity contribution in [2.75, 3.05) is 26.2 Å². The molecule has 0 saturated carbocycles. The molecule has 6 nitrogen and oxygen atoms in total. The molecule has 2 heterocycles. The first-order valence-electron chi connectivity index (χ1n) is 6.17. The molecular formula is C12H17N3O3S. The second kappa shape index (κ2) is 5.66. The average molecular weight is 283 g/mol. The van der Waals surface area contributed by atoms with Crippen LogP contribution in [0.15, 0.2) is 29.4 Å². The summed E-state index contributed by atoms with van der Waals surface area (Å²) in [5.41, 5.74) is 0. The molecule has 0 unspecified atom stereocenters. The minimum absolute atomic E-state index is 0.0133. The molecule has 1 amide bonds. The molecule has 1 fully saturated rings. The average Bonchev–Trinajstić information content (AvgIpc) is 2.66. The lowest BCUT2D eigenvalue weighted by molar-refractivity contribution is -0.128. The predicted octanol–water partition coefficient (Wildman–Crippen LogP) is 0.324. The molecule has 7 heteroatoms. The number of carbonyl (C=O) groups excluding carboxylic acids is 1. The summed E-state index contributed by atoms with van der Waals surface area (Å²) < 4.78 is 26.2. The van der Waals surface area contributed by atoms with E-state index in [-0.39, 0.29) is 10.8 Å². The Hall–Kier alpha value is -1.47. The van der Waals surface area contributed by atoms with Crippen molar-refractivity contribution >= 4 is 15.9 Å². The monoisotopic (exact) mass is 283 g/mol. The highest BCUT2D eigenvalue weighted by Crippen LogP contribution is 2.16. The maximum atomic E-state index is 12.4. The van der Waals surface area contributed by atoms with E-state index in [2.05, 4.69) is 4.98 Å². The predicted molar refractivity (Wildman–Crippen MR) is 69.9 cm³/mol. The van der Waals surface area contributed by atoms with Crippen LogP contribution in [-0.2, 0) is 14.8 Å². The highest BCUT2D eigenvalue weighted by molar-refractivity contribution is 7.89. The zero-order valence-corrected chi connectivity index (χ0v) is 11.6.